The van der Waals surface area contributed by atoms with E-state index in [-0.39, 0.29) is 32.9 Å². The Morgan fingerprint density at radius 1 is 0.958 bits per heavy atom. The first kappa shape index (κ1) is 24.3. The number of allylic oxidation sites excluding steroid dienone is 8. The van der Waals surface area contributed by atoms with Crippen molar-refractivity contribution in [2.75, 3.05) is 0 Å². The van der Waals surface area contributed by atoms with Crippen molar-refractivity contribution in [3.8, 4) is 0 Å². The van der Waals surface area contributed by atoms with E-state index in [0.717, 1.165) is 19.3 Å². The molecule has 0 radical (unpaired) electrons. The van der Waals surface area contributed by atoms with E-state index in [0.29, 0.717) is 0 Å². The van der Waals surface area contributed by atoms with Crippen molar-refractivity contribution in [3.05, 3.63) is 71.9 Å². The topological polar surface area (TPSA) is 74.6 Å². The molecule has 0 atom stereocenters. The molecule has 2 aliphatic rings. The van der Waals surface area contributed by atoms with Gasteiger partial charge in [-0.1, -0.05) is 19.6 Å². The molecule has 0 saturated carbocycles. The molecule has 0 aromatic carbocycles. The first-order chi connectivity index (χ1) is 10.7. The number of hydrogen-bond donors (Lipinski definition) is 2. The second kappa shape index (κ2) is 13.5. The summed E-state index contributed by atoms with van der Waals surface area (Å²) in [6.45, 7) is 9.20. The maximum Gasteiger partial charge on any atom is 2.00 e. The fourth-order valence-corrected chi connectivity index (χ4v) is 1.35. The average molecular weight is 362 g/mol. The molecule has 2 rings (SSSR count). The van der Waals surface area contributed by atoms with E-state index < -0.39 is 11.9 Å². The van der Waals surface area contributed by atoms with E-state index in [1.165, 1.54) is 25.0 Å². The van der Waals surface area contributed by atoms with Crippen molar-refractivity contribution in [2.45, 2.75) is 33.1 Å². The van der Waals surface area contributed by atoms with Gasteiger partial charge in [-0.15, -0.1) is 12.8 Å². The first-order valence-electron chi connectivity index (χ1n) is 7.04. The van der Waals surface area contributed by atoms with E-state index in [1.54, 1.807) is 0 Å². The molecule has 0 unspecified atom stereocenters. The third kappa shape index (κ3) is 12.6. The van der Waals surface area contributed by atoms with Crippen LogP contribution in [0.3, 0.4) is 0 Å². The molecule has 0 aliphatic heterocycles. The van der Waals surface area contributed by atoms with Gasteiger partial charge in [0.1, 0.15) is 0 Å². The van der Waals surface area contributed by atoms with Crippen molar-refractivity contribution in [1.29, 1.82) is 0 Å². The normalized spacial score (nSPS) is 13.2. The van der Waals surface area contributed by atoms with Crippen molar-refractivity contribution in [1.82, 2.24) is 0 Å². The van der Waals surface area contributed by atoms with E-state index >= 15 is 0 Å². The van der Waals surface area contributed by atoms with E-state index in [2.05, 4.69) is 49.6 Å². The summed E-state index contributed by atoms with van der Waals surface area (Å²) in [5.41, 5.74) is 2.99. The number of hydrogen-bond acceptors (Lipinski definition) is 2. The zero-order chi connectivity index (χ0) is 17.8. The Balaban J connectivity index is 0. The third-order valence-electron chi connectivity index (χ3n) is 2.64. The molecule has 0 aromatic rings. The quantitative estimate of drug-likeness (QED) is 0.450. The smallest absolute Gasteiger partial charge is 0.478 e. The maximum atomic E-state index is 9.60. The molecule has 126 valence electrons. The van der Waals surface area contributed by atoms with Gasteiger partial charge in [0.05, 0.1) is 0 Å². The second-order valence-corrected chi connectivity index (χ2v) is 4.96. The SMILES string of the molecule is C=C(C)C(=O)O.C=C(C)C(=O)O.[C-]1=C(CC2=[C-]CC=C2)C=CC1.[Ti+2]. The summed E-state index contributed by atoms with van der Waals surface area (Å²) in [4.78, 5) is 19.2. The molecule has 2 N–H and O–H groups in total. The Morgan fingerprint density at radius 2 is 1.25 bits per heavy atom. The van der Waals surface area contributed by atoms with E-state index in [4.69, 9.17) is 10.2 Å². The van der Waals surface area contributed by atoms with Gasteiger partial charge in [0.25, 0.3) is 0 Å². The second-order valence-electron chi connectivity index (χ2n) is 4.96. The zero-order valence-electron chi connectivity index (χ0n) is 14.1. The number of carboxylic acid groups (broad SMARTS) is 2. The van der Waals surface area contributed by atoms with Gasteiger partial charge < -0.3 is 10.2 Å². The molecule has 0 amide bonds. The maximum absolute atomic E-state index is 9.60. The summed E-state index contributed by atoms with van der Waals surface area (Å²) in [7, 11) is 0. The predicted molar refractivity (Wildman–Crippen MR) is 90.5 cm³/mol. The standard InChI is InChI=1S/C11H10.2C4H6O2.Ti/c1-2-6-10(5-1)9-11-7-3-4-8-11;2*1-3(2)4(5)6;/h1,3,5,7H,2,4,9H2;2*1H2,2H3,(H,5,6);/q-2;;;+2. The molecule has 4 nitrogen and oxygen atoms in total. The molecule has 0 spiro atoms. The van der Waals surface area contributed by atoms with Crippen LogP contribution >= 0.6 is 0 Å². The Hall–Kier alpha value is -1.91. The Bertz CT molecular complexity index is 516. The fourth-order valence-electron chi connectivity index (χ4n) is 1.35. The van der Waals surface area contributed by atoms with Crippen LogP contribution in [0, 0.1) is 12.2 Å². The molecule has 0 fully saturated rings. The fraction of sp³-hybridized carbons (Fsp3) is 0.263. The van der Waals surface area contributed by atoms with Gasteiger partial charge >= 0.3 is 33.7 Å². The molecule has 0 bridgehead atoms. The minimum atomic E-state index is -0.935. The molecular weight excluding hydrogens is 340 g/mol. The minimum absolute atomic E-state index is 0. The van der Waals surface area contributed by atoms with Crippen LogP contribution in [-0.4, -0.2) is 22.2 Å². The van der Waals surface area contributed by atoms with E-state index in [9.17, 15) is 9.59 Å². The van der Waals surface area contributed by atoms with Crippen LogP contribution in [-0.2, 0) is 31.3 Å². The first-order valence-corrected chi connectivity index (χ1v) is 7.04. The van der Waals surface area contributed by atoms with Crippen LogP contribution in [0.25, 0.3) is 0 Å². The van der Waals surface area contributed by atoms with Crippen molar-refractivity contribution in [3.63, 3.8) is 0 Å². The van der Waals surface area contributed by atoms with Crippen LogP contribution in [0.1, 0.15) is 33.1 Å². The summed E-state index contributed by atoms with van der Waals surface area (Å²) < 4.78 is 0. The van der Waals surface area contributed by atoms with Crippen LogP contribution in [0.15, 0.2) is 59.8 Å². The van der Waals surface area contributed by atoms with Gasteiger partial charge in [-0.05, 0) is 13.8 Å². The Morgan fingerprint density at radius 3 is 1.42 bits per heavy atom. The Kier molecular flexibility index (Phi) is 13.7. The molecular formula is C19H22O4Ti. The van der Waals surface area contributed by atoms with E-state index in [1.807, 2.05) is 0 Å². The van der Waals surface area contributed by atoms with Crippen LogP contribution < -0.4 is 0 Å². The molecule has 0 aromatic heterocycles. The van der Waals surface area contributed by atoms with Crippen LogP contribution in [0.5, 0.6) is 0 Å². The summed E-state index contributed by atoms with van der Waals surface area (Å²) in [5.74, 6) is -1.87. The Labute approximate surface area is 158 Å². The number of rotatable bonds is 4. The van der Waals surface area contributed by atoms with Gasteiger partial charge in [0, 0.05) is 11.1 Å². The van der Waals surface area contributed by atoms with Crippen LogP contribution in [0.4, 0.5) is 0 Å². The third-order valence-corrected chi connectivity index (χ3v) is 2.64. The molecule has 0 saturated heterocycles. The number of aliphatic carboxylic acids is 2. The molecule has 0 heterocycles. The van der Waals surface area contributed by atoms with Gasteiger partial charge in [0.2, 0.25) is 0 Å². The average Bonchev–Trinajstić information content (AvgIpc) is 3.14. The van der Waals surface area contributed by atoms with Gasteiger partial charge in [-0.25, -0.2) is 32.9 Å². The number of carbonyl (C=O) groups is 2. The summed E-state index contributed by atoms with van der Waals surface area (Å²) >= 11 is 0. The van der Waals surface area contributed by atoms with Gasteiger partial charge in [-0.2, -0.15) is 12.2 Å². The zero-order valence-corrected chi connectivity index (χ0v) is 15.6. The largest absolute Gasteiger partial charge is 2.00 e. The van der Waals surface area contributed by atoms with Gasteiger partial charge in [-0.3, -0.25) is 12.2 Å². The molecule has 5 heteroatoms. The predicted octanol–water partition coefficient (Wildman–Crippen LogP) is 4.05. The summed E-state index contributed by atoms with van der Waals surface area (Å²) in [5, 5.41) is 15.8. The van der Waals surface area contributed by atoms with Crippen molar-refractivity contribution >= 4 is 11.9 Å². The molecule has 2 aliphatic carbocycles. The summed E-state index contributed by atoms with van der Waals surface area (Å²) in [6.07, 6.45) is 18.2. The number of carboxylic acids is 2. The summed E-state index contributed by atoms with van der Waals surface area (Å²) in [6, 6.07) is 0. The van der Waals surface area contributed by atoms with Gasteiger partial charge in [0.15, 0.2) is 0 Å². The van der Waals surface area contributed by atoms with Crippen molar-refractivity contribution < 1.29 is 41.5 Å². The van der Waals surface area contributed by atoms with Crippen LogP contribution in [0.2, 0.25) is 0 Å². The minimum Gasteiger partial charge on any atom is -0.478 e. The monoisotopic (exact) mass is 362 g/mol. The van der Waals surface area contributed by atoms with Crippen molar-refractivity contribution in [2.24, 2.45) is 0 Å². The molecule has 24 heavy (non-hydrogen) atoms.